The SMILES string of the molecule is O=C(Nc1ccccc1Cc1ccccc1)N1CCOC[C@H]1c1nc(-c2cccs2)no1. The predicted octanol–water partition coefficient (Wildman–Crippen LogP) is 4.99. The van der Waals surface area contributed by atoms with Gasteiger partial charge in [0, 0.05) is 12.2 Å². The van der Waals surface area contributed by atoms with Gasteiger partial charge in [0.25, 0.3) is 5.89 Å². The van der Waals surface area contributed by atoms with Crippen LogP contribution in [0.15, 0.2) is 76.6 Å². The topological polar surface area (TPSA) is 80.5 Å². The fourth-order valence-corrected chi connectivity index (χ4v) is 4.38. The lowest BCUT2D eigenvalue weighted by Gasteiger charge is -2.33. The Morgan fingerprint density at radius 3 is 2.78 bits per heavy atom. The second-order valence-corrected chi connectivity index (χ2v) is 8.41. The minimum Gasteiger partial charge on any atom is -0.377 e. The summed E-state index contributed by atoms with van der Waals surface area (Å²) < 4.78 is 11.1. The Bertz CT molecular complexity index is 1180. The molecule has 8 heteroatoms. The number of aromatic nitrogens is 2. The van der Waals surface area contributed by atoms with Crippen molar-refractivity contribution in [2.45, 2.75) is 12.5 Å². The maximum absolute atomic E-state index is 13.3. The summed E-state index contributed by atoms with van der Waals surface area (Å²) in [7, 11) is 0. The molecule has 1 saturated heterocycles. The fourth-order valence-electron chi connectivity index (χ4n) is 3.73. The number of anilines is 1. The third kappa shape index (κ3) is 4.42. The molecule has 1 N–H and O–H groups in total. The van der Waals surface area contributed by atoms with Gasteiger partial charge in [0.2, 0.25) is 5.82 Å². The zero-order valence-corrected chi connectivity index (χ0v) is 18.1. The Balaban J connectivity index is 1.34. The summed E-state index contributed by atoms with van der Waals surface area (Å²) >= 11 is 1.54. The molecule has 7 nitrogen and oxygen atoms in total. The summed E-state index contributed by atoms with van der Waals surface area (Å²) in [6, 6.07) is 21.3. The van der Waals surface area contributed by atoms with Crippen molar-refractivity contribution in [2.24, 2.45) is 0 Å². The molecule has 3 heterocycles. The normalized spacial score (nSPS) is 16.1. The van der Waals surface area contributed by atoms with Crippen LogP contribution >= 0.6 is 11.3 Å². The number of hydrogen-bond donors (Lipinski definition) is 1. The van der Waals surface area contributed by atoms with E-state index in [0.717, 1.165) is 22.5 Å². The minimum absolute atomic E-state index is 0.213. The van der Waals surface area contributed by atoms with Crippen LogP contribution < -0.4 is 5.32 Å². The van der Waals surface area contributed by atoms with Crippen molar-refractivity contribution in [3.63, 3.8) is 0 Å². The summed E-state index contributed by atoms with van der Waals surface area (Å²) in [5.41, 5.74) is 3.02. The lowest BCUT2D eigenvalue weighted by Crippen LogP contribution is -2.45. The molecule has 0 bridgehead atoms. The van der Waals surface area contributed by atoms with Crippen molar-refractivity contribution >= 4 is 23.1 Å². The number of urea groups is 1. The van der Waals surface area contributed by atoms with Crippen LogP contribution in [0.4, 0.5) is 10.5 Å². The van der Waals surface area contributed by atoms with Crippen molar-refractivity contribution in [1.82, 2.24) is 15.0 Å². The number of ether oxygens (including phenoxy) is 1. The Kier molecular flexibility index (Phi) is 5.96. The second kappa shape index (κ2) is 9.33. The quantitative estimate of drug-likeness (QED) is 0.467. The third-order valence-electron chi connectivity index (χ3n) is 5.35. The number of rotatable bonds is 5. The molecule has 1 atom stereocenters. The highest BCUT2D eigenvalue weighted by Crippen LogP contribution is 2.28. The Hall–Kier alpha value is -3.49. The third-order valence-corrected chi connectivity index (χ3v) is 6.22. The molecule has 0 unspecified atom stereocenters. The van der Waals surface area contributed by atoms with E-state index >= 15 is 0 Å². The number of thiophene rings is 1. The van der Waals surface area contributed by atoms with E-state index in [4.69, 9.17) is 9.26 Å². The van der Waals surface area contributed by atoms with E-state index in [1.54, 1.807) is 4.90 Å². The van der Waals surface area contributed by atoms with Crippen LogP contribution in [0.2, 0.25) is 0 Å². The Labute approximate surface area is 189 Å². The van der Waals surface area contributed by atoms with Crippen LogP contribution in [-0.4, -0.2) is 40.8 Å². The summed E-state index contributed by atoms with van der Waals surface area (Å²) in [5.74, 6) is 0.898. The van der Waals surface area contributed by atoms with E-state index < -0.39 is 6.04 Å². The van der Waals surface area contributed by atoms with Gasteiger partial charge < -0.3 is 19.5 Å². The van der Waals surface area contributed by atoms with Crippen LogP contribution in [0.25, 0.3) is 10.7 Å². The summed E-state index contributed by atoms with van der Waals surface area (Å²) in [6.45, 7) is 1.21. The largest absolute Gasteiger partial charge is 0.377 e. The van der Waals surface area contributed by atoms with Crippen molar-refractivity contribution in [2.75, 3.05) is 25.1 Å². The molecule has 1 fully saturated rings. The van der Waals surface area contributed by atoms with E-state index in [2.05, 4.69) is 27.6 Å². The average Bonchev–Trinajstić information content (AvgIpc) is 3.53. The zero-order valence-electron chi connectivity index (χ0n) is 17.3. The molecule has 2 aromatic heterocycles. The molecule has 2 amide bonds. The molecule has 1 aliphatic rings. The first-order valence-electron chi connectivity index (χ1n) is 10.4. The Morgan fingerprint density at radius 1 is 1.09 bits per heavy atom. The number of amides is 2. The van der Waals surface area contributed by atoms with Gasteiger partial charge in [-0.1, -0.05) is 59.8 Å². The molecular formula is C24H22N4O3S. The fraction of sp³-hybridized carbons (Fsp3) is 0.208. The summed E-state index contributed by atoms with van der Waals surface area (Å²) in [4.78, 5) is 20.4. The van der Waals surface area contributed by atoms with Gasteiger partial charge in [-0.05, 0) is 35.1 Å². The number of nitrogens with zero attached hydrogens (tertiary/aromatic N) is 3. The molecule has 1 aliphatic heterocycles. The van der Waals surface area contributed by atoms with E-state index in [9.17, 15) is 4.79 Å². The van der Waals surface area contributed by atoms with Gasteiger partial charge in [0.1, 0.15) is 6.04 Å². The van der Waals surface area contributed by atoms with Crippen LogP contribution in [0, 0.1) is 0 Å². The molecule has 0 spiro atoms. The van der Waals surface area contributed by atoms with Gasteiger partial charge in [-0.25, -0.2) is 4.79 Å². The molecular weight excluding hydrogens is 424 g/mol. The highest BCUT2D eigenvalue weighted by molar-refractivity contribution is 7.13. The lowest BCUT2D eigenvalue weighted by atomic mass is 10.0. The number of carbonyl (C=O) groups is 1. The number of para-hydroxylation sites is 1. The van der Waals surface area contributed by atoms with Crippen LogP contribution in [-0.2, 0) is 11.2 Å². The lowest BCUT2D eigenvalue weighted by molar-refractivity contribution is 0.00348. The molecule has 5 rings (SSSR count). The highest BCUT2D eigenvalue weighted by Gasteiger charge is 2.33. The summed E-state index contributed by atoms with van der Waals surface area (Å²) in [6.07, 6.45) is 0.734. The van der Waals surface area contributed by atoms with Crippen molar-refractivity contribution < 1.29 is 14.1 Å². The molecule has 2 aromatic carbocycles. The van der Waals surface area contributed by atoms with Gasteiger partial charge in [0.15, 0.2) is 0 Å². The Morgan fingerprint density at radius 2 is 1.94 bits per heavy atom. The number of carbonyl (C=O) groups excluding carboxylic acids is 1. The molecule has 32 heavy (non-hydrogen) atoms. The van der Waals surface area contributed by atoms with Gasteiger partial charge >= 0.3 is 6.03 Å². The van der Waals surface area contributed by atoms with Crippen LogP contribution in [0.1, 0.15) is 23.1 Å². The van der Waals surface area contributed by atoms with Gasteiger partial charge in [0.05, 0.1) is 18.1 Å². The average molecular weight is 447 g/mol. The number of hydrogen-bond acceptors (Lipinski definition) is 6. The molecule has 162 valence electrons. The molecule has 0 radical (unpaired) electrons. The second-order valence-electron chi connectivity index (χ2n) is 7.47. The van der Waals surface area contributed by atoms with Crippen molar-refractivity contribution in [1.29, 1.82) is 0 Å². The first kappa shape index (κ1) is 20.4. The number of nitrogens with one attached hydrogen (secondary N) is 1. The first-order chi connectivity index (χ1) is 15.8. The van der Waals surface area contributed by atoms with Crippen molar-refractivity contribution in [3.8, 4) is 10.7 Å². The van der Waals surface area contributed by atoms with E-state index in [-0.39, 0.29) is 6.03 Å². The van der Waals surface area contributed by atoms with Crippen molar-refractivity contribution in [3.05, 3.63) is 89.1 Å². The van der Waals surface area contributed by atoms with Gasteiger partial charge in [-0.3, -0.25) is 0 Å². The van der Waals surface area contributed by atoms with E-state index in [0.29, 0.717) is 31.5 Å². The first-order valence-corrected chi connectivity index (χ1v) is 11.3. The minimum atomic E-state index is -0.439. The molecule has 0 saturated carbocycles. The van der Waals surface area contributed by atoms with E-state index in [1.807, 2.05) is 60.0 Å². The summed E-state index contributed by atoms with van der Waals surface area (Å²) in [5, 5.41) is 9.12. The predicted molar refractivity (Wildman–Crippen MR) is 123 cm³/mol. The zero-order chi connectivity index (χ0) is 21.8. The van der Waals surface area contributed by atoms with Gasteiger partial charge in [-0.2, -0.15) is 4.98 Å². The van der Waals surface area contributed by atoms with Crippen LogP contribution in [0.5, 0.6) is 0 Å². The highest BCUT2D eigenvalue weighted by atomic mass is 32.1. The van der Waals surface area contributed by atoms with Crippen LogP contribution in [0.3, 0.4) is 0 Å². The number of morpholine rings is 1. The molecule has 4 aromatic rings. The smallest absolute Gasteiger partial charge is 0.322 e. The number of benzene rings is 2. The van der Waals surface area contributed by atoms with E-state index in [1.165, 1.54) is 16.9 Å². The standard InChI is InChI=1S/C24H22N4O3S/c29-24(25-19-10-5-4-9-18(19)15-17-7-2-1-3-8-17)28-12-13-30-16-20(28)23-26-22(27-31-23)21-11-6-14-32-21/h1-11,14,20H,12-13,15-16H2,(H,25,29)/t20-/m0/s1. The molecule has 0 aliphatic carbocycles. The maximum Gasteiger partial charge on any atom is 0.322 e. The van der Waals surface area contributed by atoms with Gasteiger partial charge in [-0.15, -0.1) is 11.3 Å². The maximum atomic E-state index is 13.3. The monoisotopic (exact) mass is 446 g/mol.